The van der Waals surface area contributed by atoms with Gasteiger partial charge >= 0.3 is 11.8 Å². The number of Topliss-reactive ketones (excluding diaryl/α,β-unsaturated/α-hetero) is 1. The van der Waals surface area contributed by atoms with Crippen molar-refractivity contribution in [2.75, 3.05) is 58.7 Å². The average molecular weight is 1040 g/mol. The summed E-state index contributed by atoms with van der Waals surface area (Å²) in [6.45, 7) is 25.3. The van der Waals surface area contributed by atoms with Gasteiger partial charge in [0.1, 0.15) is 40.4 Å². The lowest BCUT2D eigenvalue weighted by molar-refractivity contribution is -0.336. The fraction of sp³-hybridized carbons (Fsp3) is 0.649. The monoisotopic (exact) mass is 1040 g/mol. The van der Waals surface area contributed by atoms with Crippen molar-refractivity contribution in [3.8, 4) is 17.2 Å². The third-order valence-corrected chi connectivity index (χ3v) is 16.4. The molecule has 1 spiro atoms. The highest BCUT2D eigenvalue weighted by Gasteiger charge is 2.52. The minimum absolute atomic E-state index is 0.0575. The van der Waals surface area contributed by atoms with Crippen LogP contribution in [0, 0.1) is 42.4 Å². The first-order valence-electron chi connectivity index (χ1n) is 26.9. The van der Waals surface area contributed by atoms with E-state index in [1.54, 1.807) is 32.1 Å². The Morgan fingerprint density at radius 2 is 1.60 bits per heavy atom. The first-order chi connectivity index (χ1) is 35.4. The highest BCUT2D eigenvalue weighted by atomic mass is 16.7. The molecule has 0 aromatic heterocycles. The third-order valence-electron chi connectivity index (χ3n) is 16.4. The molecular weight excluding hydrogens is 961 g/mol. The van der Waals surface area contributed by atoms with E-state index >= 15 is 4.79 Å². The number of phenolic OH excluding ortho intramolecular Hbond substituents is 2. The summed E-state index contributed by atoms with van der Waals surface area (Å²) >= 11 is 0. The summed E-state index contributed by atoms with van der Waals surface area (Å²) in [5.74, 6) is -6.97. The van der Waals surface area contributed by atoms with E-state index in [1.807, 2.05) is 47.6 Å². The highest BCUT2D eigenvalue weighted by molar-refractivity contribution is 6.21. The molecule has 0 unspecified atom stereocenters. The van der Waals surface area contributed by atoms with Crippen LogP contribution in [-0.2, 0) is 38.1 Å². The molecule has 18 heteroatoms. The Morgan fingerprint density at radius 1 is 0.920 bits per heavy atom. The van der Waals surface area contributed by atoms with Gasteiger partial charge in [-0.25, -0.2) is 4.99 Å². The van der Waals surface area contributed by atoms with Gasteiger partial charge in [0.05, 0.1) is 41.2 Å². The number of likely N-dealkylation sites (tertiary alicyclic amines) is 2. The third kappa shape index (κ3) is 11.4. The SMILES string of the molecule is CO[C@H]1/C=C/O[C@@]2(C)Oc3c(C)c(O)c4c(O)c(c5c(c4c3C2=O)NC2(CCN(CC(C)C)CC2)N=5)=NC(=O)/C(C)=C\C=C\[C@H](C)[C@@H]2OC(C)(C)O[C@@H]([C@@H](C)[C@H](OC(=O)CC(=O)NCC3CCN(C)CC3)[C@@H]1C)[C@@H]2C. The number of nitrogens with zero attached hydrogens (tertiary/aromatic N) is 4. The summed E-state index contributed by atoms with van der Waals surface area (Å²) in [5, 5.41) is 31.0. The van der Waals surface area contributed by atoms with Crippen molar-refractivity contribution in [1.82, 2.24) is 15.1 Å². The molecule has 2 aromatic carbocycles. The summed E-state index contributed by atoms with van der Waals surface area (Å²) < 4.78 is 38.5. The molecule has 7 aliphatic heterocycles. The second kappa shape index (κ2) is 21.9. The number of carbonyl (C=O) groups is 4. The lowest BCUT2D eigenvalue weighted by Crippen LogP contribution is -2.56. The number of methoxy groups -OCH3 is 1. The molecule has 2 aromatic rings. The predicted octanol–water partition coefficient (Wildman–Crippen LogP) is 6.38. The number of amides is 2. The molecule has 4 N–H and O–H groups in total. The quantitative estimate of drug-likeness (QED) is 0.128. The Morgan fingerprint density at radius 3 is 2.27 bits per heavy atom. The van der Waals surface area contributed by atoms with E-state index in [2.05, 4.69) is 46.3 Å². The van der Waals surface area contributed by atoms with Crippen LogP contribution in [0.4, 0.5) is 5.69 Å². The van der Waals surface area contributed by atoms with Crippen molar-refractivity contribution in [3.63, 3.8) is 0 Å². The molecule has 0 radical (unpaired) electrons. The first kappa shape index (κ1) is 55.8. The van der Waals surface area contributed by atoms with E-state index in [1.165, 1.54) is 20.3 Å². The normalized spacial score (nSPS) is 31.9. The molecule has 0 aliphatic carbocycles. The molecule has 7 bridgehead atoms. The number of ether oxygens (including phenoxy) is 6. The molecule has 7 heterocycles. The minimum atomic E-state index is -1.98. The number of hydrogen-bond donors (Lipinski definition) is 4. The van der Waals surface area contributed by atoms with Gasteiger partial charge in [-0.15, -0.1) is 0 Å². The maximum atomic E-state index is 15.0. The molecular formula is C57H80N6O12. The fourth-order valence-electron chi connectivity index (χ4n) is 12.0. The lowest BCUT2D eigenvalue weighted by Gasteiger charge is -2.50. The molecule has 0 saturated carbocycles. The average Bonchev–Trinajstić information content (AvgIpc) is 3.86. The number of rotatable bonds is 8. The van der Waals surface area contributed by atoms with E-state index < -0.39 is 89.2 Å². The van der Waals surface area contributed by atoms with Crippen molar-refractivity contribution in [1.29, 1.82) is 0 Å². The molecule has 410 valence electrons. The Bertz CT molecular complexity index is 2770. The van der Waals surface area contributed by atoms with E-state index in [4.69, 9.17) is 33.4 Å². The van der Waals surface area contributed by atoms with Gasteiger partial charge in [-0.05, 0) is 78.6 Å². The van der Waals surface area contributed by atoms with Crippen molar-refractivity contribution in [3.05, 3.63) is 58.0 Å². The van der Waals surface area contributed by atoms with E-state index in [0.717, 1.165) is 45.6 Å². The Balaban J connectivity index is 1.20. The number of carbonyl (C=O) groups excluding carboxylic acids is 4. The minimum Gasteiger partial charge on any atom is -0.507 e. The smallest absolute Gasteiger partial charge is 0.315 e. The molecule has 9 rings (SSSR count). The van der Waals surface area contributed by atoms with Crippen LogP contribution in [0.3, 0.4) is 0 Å². The van der Waals surface area contributed by atoms with Gasteiger partial charge in [0.25, 0.3) is 11.7 Å². The predicted molar refractivity (Wildman–Crippen MR) is 282 cm³/mol. The number of anilines is 1. The largest absolute Gasteiger partial charge is 0.507 e. The van der Waals surface area contributed by atoms with Crippen LogP contribution in [0.5, 0.6) is 17.2 Å². The zero-order chi connectivity index (χ0) is 54.5. The number of esters is 1. The van der Waals surface area contributed by atoms with Crippen molar-refractivity contribution >= 4 is 40.0 Å². The highest BCUT2D eigenvalue weighted by Crippen LogP contribution is 2.51. The van der Waals surface area contributed by atoms with E-state index in [-0.39, 0.29) is 61.5 Å². The van der Waals surface area contributed by atoms with Crippen LogP contribution in [-0.4, -0.2) is 139 Å². The number of benzene rings is 2. The second-order valence-electron chi connectivity index (χ2n) is 23.2. The van der Waals surface area contributed by atoms with Crippen molar-refractivity contribution in [2.24, 2.45) is 45.5 Å². The van der Waals surface area contributed by atoms with Crippen LogP contribution in [0.2, 0.25) is 0 Å². The van der Waals surface area contributed by atoms with Crippen molar-refractivity contribution in [2.45, 2.75) is 150 Å². The number of fused-ring (bicyclic) bond motifs is 9. The number of hydrogen-bond acceptors (Lipinski definition) is 16. The second-order valence-corrected chi connectivity index (χ2v) is 23.2. The molecule has 18 nitrogen and oxygen atoms in total. The van der Waals surface area contributed by atoms with Gasteiger partial charge in [-0.2, -0.15) is 0 Å². The molecule has 9 atom stereocenters. The van der Waals surface area contributed by atoms with Gasteiger partial charge in [0.2, 0.25) is 5.91 Å². The maximum absolute atomic E-state index is 15.0. The number of aromatic hydroxyl groups is 2. The maximum Gasteiger partial charge on any atom is 0.315 e. The Labute approximate surface area is 440 Å². The Kier molecular flexibility index (Phi) is 16.3. The Hall–Kier alpha value is -5.40. The van der Waals surface area contributed by atoms with Crippen molar-refractivity contribution < 1.29 is 57.8 Å². The summed E-state index contributed by atoms with van der Waals surface area (Å²) in [6, 6.07) is 0. The summed E-state index contributed by atoms with van der Waals surface area (Å²) in [7, 11) is 3.60. The molecule has 3 saturated heterocycles. The fourth-order valence-corrected chi connectivity index (χ4v) is 12.0. The van der Waals surface area contributed by atoms with Gasteiger partial charge < -0.3 is 59.1 Å². The standard InChI is InChI=1S/C57H80N6O12/c1-30(2)29-63-24-20-57(21-25-63)60-44-41-42-47(66)34(6)52-43(41)53(68)56(11,75-52)71-26-19-38(70-13)33(5)50(72-40(65)27-39(64)58-28-37-17-22-62(12)23-18-37)36(8)51-35(7)49(73-55(9,10)74-51)31(3)15-14-16-32(4)54(69)59-46(48(42)67)45(44)61-57/h14-16,19,26,30-31,33,35-38,49-51,60,66-67H,17-18,20-25,27-29H2,1-13H3,(H,58,64)/b15-14+,26-19+,32-16-,59-46?/t31-,33+,35+,36-,38-,49-,50+,51+,56-/m0/s1. The van der Waals surface area contributed by atoms with Gasteiger partial charge in [-0.3, -0.25) is 24.2 Å². The number of ketones is 1. The van der Waals surface area contributed by atoms with Crippen LogP contribution in [0.1, 0.15) is 117 Å². The number of allylic oxidation sites excluding steroid dienone is 2. The van der Waals surface area contributed by atoms with Crippen LogP contribution in [0.15, 0.2) is 46.1 Å². The van der Waals surface area contributed by atoms with Gasteiger partial charge in [0, 0.05) is 93.2 Å². The molecule has 3 fully saturated rings. The van der Waals surface area contributed by atoms with Gasteiger partial charge in [0.15, 0.2) is 11.5 Å². The molecule has 75 heavy (non-hydrogen) atoms. The van der Waals surface area contributed by atoms with Gasteiger partial charge in [-0.1, -0.05) is 59.8 Å². The first-order valence-corrected chi connectivity index (χ1v) is 26.9. The topological polar surface area (TPSA) is 219 Å². The van der Waals surface area contributed by atoms with Crippen LogP contribution < -0.4 is 26.1 Å². The van der Waals surface area contributed by atoms with E-state index in [9.17, 15) is 24.6 Å². The summed E-state index contributed by atoms with van der Waals surface area (Å²) in [6.07, 6.45) is 8.34. The number of piperidine rings is 2. The van der Waals surface area contributed by atoms with Crippen LogP contribution >= 0.6 is 0 Å². The zero-order valence-electron chi connectivity index (χ0n) is 46.2. The van der Waals surface area contributed by atoms with Crippen LogP contribution in [0.25, 0.3) is 10.8 Å². The zero-order valence-corrected chi connectivity index (χ0v) is 46.2. The van der Waals surface area contributed by atoms with E-state index in [0.29, 0.717) is 36.9 Å². The summed E-state index contributed by atoms with van der Waals surface area (Å²) in [5.41, 5.74) is -0.0433. The number of phenols is 2. The molecule has 7 aliphatic rings. The lowest BCUT2D eigenvalue weighted by atomic mass is 9.77. The summed E-state index contributed by atoms with van der Waals surface area (Å²) in [4.78, 5) is 70.8. The molecule has 2 amide bonds. The number of nitrogens with one attached hydrogen (secondary N) is 2.